The lowest BCUT2D eigenvalue weighted by molar-refractivity contribution is 0.0944. The van der Waals surface area contributed by atoms with E-state index in [1.54, 1.807) is 6.20 Å². The molecule has 1 saturated carbocycles. The van der Waals surface area contributed by atoms with Crippen LogP contribution < -0.4 is 10.6 Å². The third-order valence-electron chi connectivity index (χ3n) is 4.49. The van der Waals surface area contributed by atoms with E-state index in [2.05, 4.69) is 44.9 Å². The van der Waals surface area contributed by atoms with Crippen LogP contribution in [-0.4, -0.2) is 29.0 Å². The summed E-state index contributed by atoms with van der Waals surface area (Å²) in [5.41, 5.74) is 3.22. The van der Waals surface area contributed by atoms with Gasteiger partial charge in [0.05, 0.1) is 6.20 Å². The molecule has 1 atom stereocenters. The highest BCUT2D eigenvalue weighted by molar-refractivity contribution is 5.92. The lowest BCUT2D eigenvalue weighted by atomic mass is 9.94. The van der Waals surface area contributed by atoms with Gasteiger partial charge in [0.2, 0.25) is 0 Å². The van der Waals surface area contributed by atoms with Gasteiger partial charge in [0.1, 0.15) is 11.5 Å². The number of amides is 1. The molecule has 2 heterocycles. The Balaban J connectivity index is 1.41. The van der Waals surface area contributed by atoms with Crippen molar-refractivity contribution in [2.75, 3.05) is 13.1 Å². The van der Waals surface area contributed by atoms with Crippen molar-refractivity contribution in [1.82, 2.24) is 20.6 Å². The summed E-state index contributed by atoms with van der Waals surface area (Å²) in [5, 5.41) is 6.48. The zero-order valence-electron chi connectivity index (χ0n) is 12.4. The van der Waals surface area contributed by atoms with E-state index >= 15 is 0 Å². The van der Waals surface area contributed by atoms with E-state index in [0.29, 0.717) is 18.2 Å². The van der Waals surface area contributed by atoms with Crippen LogP contribution in [0.2, 0.25) is 0 Å². The average Bonchev–Trinajstić information content (AvgIpc) is 3.29. The number of benzene rings is 1. The van der Waals surface area contributed by atoms with Crippen molar-refractivity contribution >= 4 is 5.91 Å². The van der Waals surface area contributed by atoms with Crippen LogP contribution in [0, 0.1) is 0 Å². The highest BCUT2D eigenvalue weighted by Gasteiger charge is 2.27. The summed E-state index contributed by atoms with van der Waals surface area (Å²) in [6.45, 7) is 1.54. The van der Waals surface area contributed by atoms with Crippen LogP contribution >= 0.6 is 0 Å². The zero-order chi connectivity index (χ0) is 14.9. The SMILES string of the molecule is O=C(NCC1NCCc2ccccc21)c1cnc(C2CC2)[nH]1. The average molecular weight is 296 g/mol. The van der Waals surface area contributed by atoms with Crippen molar-refractivity contribution < 1.29 is 4.79 Å². The molecule has 0 spiro atoms. The van der Waals surface area contributed by atoms with Gasteiger partial charge in [-0.1, -0.05) is 24.3 Å². The number of imidazole rings is 1. The van der Waals surface area contributed by atoms with Crippen molar-refractivity contribution in [1.29, 1.82) is 0 Å². The Morgan fingerprint density at radius 1 is 1.32 bits per heavy atom. The molecule has 3 N–H and O–H groups in total. The first-order chi connectivity index (χ1) is 10.8. The predicted molar refractivity (Wildman–Crippen MR) is 83.8 cm³/mol. The standard InChI is InChI=1S/C17H20N4O/c22-17(15-10-19-16(21-15)12-5-6-12)20-9-14-13-4-2-1-3-11(13)7-8-18-14/h1-4,10,12,14,18H,5-9H2,(H,19,21)(H,20,22). The molecular weight excluding hydrogens is 276 g/mol. The highest BCUT2D eigenvalue weighted by Crippen LogP contribution is 2.38. The lowest BCUT2D eigenvalue weighted by Crippen LogP contribution is -2.38. The molecule has 2 aliphatic rings. The normalized spacial score (nSPS) is 20.5. The lowest BCUT2D eigenvalue weighted by Gasteiger charge is -2.27. The summed E-state index contributed by atoms with van der Waals surface area (Å²) in [4.78, 5) is 19.7. The molecule has 2 aromatic rings. The molecular formula is C17H20N4O. The fourth-order valence-electron chi connectivity index (χ4n) is 3.08. The van der Waals surface area contributed by atoms with Crippen LogP contribution in [0.1, 0.15) is 52.2 Å². The largest absolute Gasteiger partial charge is 0.349 e. The smallest absolute Gasteiger partial charge is 0.269 e. The summed E-state index contributed by atoms with van der Waals surface area (Å²) in [6, 6.07) is 8.61. The van der Waals surface area contributed by atoms with Gasteiger partial charge in [-0.3, -0.25) is 4.79 Å². The number of nitrogens with zero attached hydrogens (tertiary/aromatic N) is 1. The topological polar surface area (TPSA) is 69.8 Å². The molecule has 1 fully saturated rings. The number of carbonyl (C=O) groups is 1. The number of hydrogen-bond acceptors (Lipinski definition) is 3. The maximum Gasteiger partial charge on any atom is 0.269 e. The van der Waals surface area contributed by atoms with Gasteiger partial charge in [-0.25, -0.2) is 4.98 Å². The minimum absolute atomic E-state index is 0.0794. The summed E-state index contributed by atoms with van der Waals surface area (Å²) < 4.78 is 0. The number of aromatic nitrogens is 2. The van der Waals surface area contributed by atoms with Crippen molar-refractivity contribution in [2.24, 2.45) is 0 Å². The fraction of sp³-hybridized carbons (Fsp3) is 0.412. The van der Waals surface area contributed by atoms with E-state index in [-0.39, 0.29) is 11.9 Å². The van der Waals surface area contributed by atoms with E-state index in [1.807, 2.05) is 0 Å². The molecule has 1 aromatic carbocycles. The number of aromatic amines is 1. The van der Waals surface area contributed by atoms with Gasteiger partial charge < -0.3 is 15.6 Å². The Morgan fingerprint density at radius 2 is 2.18 bits per heavy atom. The molecule has 4 rings (SSSR count). The Bertz CT molecular complexity index is 689. The van der Waals surface area contributed by atoms with Gasteiger partial charge >= 0.3 is 0 Å². The Morgan fingerprint density at radius 3 is 3.05 bits per heavy atom. The summed E-state index contributed by atoms with van der Waals surface area (Å²) in [6.07, 6.45) is 5.05. The molecule has 1 unspecified atom stereocenters. The molecule has 22 heavy (non-hydrogen) atoms. The molecule has 0 radical (unpaired) electrons. The fourth-order valence-corrected chi connectivity index (χ4v) is 3.08. The van der Waals surface area contributed by atoms with Crippen LogP contribution in [0.3, 0.4) is 0 Å². The molecule has 114 valence electrons. The van der Waals surface area contributed by atoms with Gasteiger partial charge in [-0.15, -0.1) is 0 Å². The first-order valence-corrected chi connectivity index (χ1v) is 7.95. The number of carbonyl (C=O) groups excluding carboxylic acids is 1. The summed E-state index contributed by atoms with van der Waals surface area (Å²) in [5.74, 6) is 1.41. The quantitative estimate of drug-likeness (QED) is 0.807. The van der Waals surface area contributed by atoms with Crippen LogP contribution in [0.15, 0.2) is 30.5 Å². The van der Waals surface area contributed by atoms with E-state index in [4.69, 9.17) is 0 Å². The van der Waals surface area contributed by atoms with Gasteiger partial charge in [-0.2, -0.15) is 0 Å². The summed E-state index contributed by atoms with van der Waals surface area (Å²) in [7, 11) is 0. The van der Waals surface area contributed by atoms with Crippen LogP contribution in [0.25, 0.3) is 0 Å². The third kappa shape index (κ3) is 2.64. The maximum atomic E-state index is 12.2. The first kappa shape index (κ1) is 13.5. The highest BCUT2D eigenvalue weighted by atomic mass is 16.1. The molecule has 5 nitrogen and oxygen atoms in total. The second-order valence-electron chi connectivity index (χ2n) is 6.12. The van der Waals surface area contributed by atoms with Crippen LogP contribution in [0.5, 0.6) is 0 Å². The van der Waals surface area contributed by atoms with Crippen LogP contribution in [-0.2, 0) is 6.42 Å². The van der Waals surface area contributed by atoms with Crippen molar-refractivity contribution in [3.8, 4) is 0 Å². The summed E-state index contributed by atoms with van der Waals surface area (Å²) >= 11 is 0. The van der Waals surface area contributed by atoms with E-state index in [1.165, 1.54) is 24.0 Å². The second-order valence-corrected chi connectivity index (χ2v) is 6.12. The minimum atomic E-state index is -0.0794. The molecule has 0 saturated heterocycles. The van der Waals surface area contributed by atoms with E-state index in [0.717, 1.165) is 18.8 Å². The molecule has 1 amide bonds. The molecule has 1 aromatic heterocycles. The van der Waals surface area contributed by atoms with E-state index < -0.39 is 0 Å². The molecule has 1 aliphatic carbocycles. The van der Waals surface area contributed by atoms with E-state index in [9.17, 15) is 4.79 Å². The minimum Gasteiger partial charge on any atom is -0.349 e. The zero-order valence-corrected chi connectivity index (χ0v) is 12.4. The van der Waals surface area contributed by atoms with Gasteiger partial charge in [0, 0.05) is 18.5 Å². The second kappa shape index (κ2) is 5.57. The van der Waals surface area contributed by atoms with Gasteiger partial charge in [0.25, 0.3) is 5.91 Å². The monoisotopic (exact) mass is 296 g/mol. The number of H-pyrrole nitrogens is 1. The number of hydrogen-bond donors (Lipinski definition) is 3. The molecule has 0 bridgehead atoms. The van der Waals surface area contributed by atoms with Crippen molar-refractivity contribution in [3.05, 3.63) is 53.1 Å². The van der Waals surface area contributed by atoms with Crippen LogP contribution in [0.4, 0.5) is 0 Å². The number of nitrogens with one attached hydrogen (secondary N) is 3. The van der Waals surface area contributed by atoms with Crippen molar-refractivity contribution in [2.45, 2.75) is 31.2 Å². The maximum absolute atomic E-state index is 12.2. The number of fused-ring (bicyclic) bond motifs is 1. The number of rotatable bonds is 4. The first-order valence-electron chi connectivity index (χ1n) is 7.95. The van der Waals surface area contributed by atoms with Gasteiger partial charge in [0.15, 0.2) is 0 Å². The van der Waals surface area contributed by atoms with Gasteiger partial charge in [-0.05, 0) is 36.9 Å². The Labute approximate surface area is 129 Å². The Kier molecular flexibility index (Phi) is 3.42. The third-order valence-corrected chi connectivity index (χ3v) is 4.49. The predicted octanol–water partition coefficient (Wildman–Crippen LogP) is 1.90. The molecule has 5 heteroatoms. The Hall–Kier alpha value is -2.14. The molecule has 1 aliphatic heterocycles. The van der Waals surface area contributed by atoms with Crippen molar-refractivity contribution in [3.63, 3.8) is 0 Å².